The minimum Gasteiger partial charge on any atom is -0.495 e. The van der Waals surface area contributed by atoms with Crippen LogP contribution in [0.2, 0.25) is 5.02 Å². The van der Waals surface area contributed by atoms with E-state index in [0.717, 1.165) is 18.8 Å². The maximum Gasteiger partial charge on any atom is 0.255 e. The third-order valence-corrected chi connectivity index (χ3v) is 4.66. The molecular formula is C19H21ClN2O2. The molecule has 0 saturated carbocycles. The average Bonchev–Trinajstić information content (AvgIpc) is 2.63. The van der Waals surface area contributed by atoms with Crippen LogP contribution in [0.25, 0.3) is 0 Å². The quantitative estimate of drug-likeness (QED) is 0.879. The number of nitrogens with one attached hydrogen (secondary N) is 2. The highest BCUT2D eigenvalue weighted by molar-refractivity contribution is 6.32. The first kappa shape index (κ1) is 16.8. The Morgan fingerprint density at radius 3 is 2.71 bits per heavy atom. The van der Waals surface area contributed by atoms with E-state index in [1.807, 2.05) is 12.1 Å². The van der Waals surface area contributed by atoms with Crippen LogP contribution in [0.1, 0.15) is 34.7 Å². The highest BCUT2D eigenvalue weighted by Gasteiger charge is 2.15. The third kappa shape index (κ3) is 3.89. The first-order valence-corrected chi connectivity index (χ1v) is 8.51. The number of carbonyl (C=O) groups is 1. The van der Waals surface area contributed by atoms with Gasteiger partial charge in [-0.15, -0.1) is 0 Å². The molecule has 1 amide bonds. The maximum absolute atomic E-state index is 12.4. The summed E-state index contributed by atoms with van der Waals surface area (Å²) in [6.07, 6.45) is 2.42. The summed E-state index contributed by atoms with van der Waals surface area (Å²) < 4.78 is 5.15. The van der Waals surface area contributed by atoms with Crippen molar-refractivity contribution in [3.05, 3.63) is 58.6 Å². The number of hydrogen-bond donors (Lipinski definition) is 2. The summed E-state index contributed by atoms with van der Waals surface area (Å²) in [6, 6.07) is 13.1. The van der Waals surface area contributed by atoms with E-state index in [9.17, 15) is 4.79 Å². The van der Waals surface area contributed by atoms with Crippen molar-refractivity contribution in [2.24, 2.45) is 0 Å². The molecule has 1 fully saturated rings. The minimum absolute atomic E-state index is 0.183. The van der Waals surface area contributed by atoms with Crippen LogP contribution in [0.15, 0.2) is 42.5 Å². The monoisotopic (exact) mass is 344 g/mol. The number of piperidine rings is 1. The Balaban J connectivity index is 1.68. The van der Waals surface area contributed by atoms with Crippen molar-refractivity contribution in [2.75, 3.05) is 25.5 Å². The summed E-state index contributed by atoms with van der Waals surface area (Å²) in [5, 5.41) is 6.82. The van der Waals surface area contributed by atoms with E-state index in [-0.39, 0.29) is 5.91 Å². The number of amides is 1. The van der Waals surface area contributed by atoms with Gasteiger partial charge in [-0.25, -0.2) is 0 Å². The molecule has 0 spiro atoms. The number of hydrogen-bond acceptors (Lipinski definition) is 3. The van der Waals surface area contributed by atoms with E-state index in [1.165, 1.54) is 25.5 Å². The molecule has 1 unspecified atom stereocenters. The standard InChI is InChI=1S/C19H21ClN2O2/c1-24-18-11-14(6-9-17(18)20)19(23)22-16-7-4-13(5-8-16)15-3-2-10-21-12-15/h4-9,11,15,21H,2-3,10,12H2,1H3,(H,22,23). The van der Waals surface area contributed by atoms with Gasteiger partial charge < -0.3 is 15.4 Å². The fourth-order valence-electron chi connectivity index (χ4n) is 2.98. The zero-order valence-electron chi connectivity index (χ0n) is 13.6. The van der Waals surface area contributed by atoms with E-state index >= 15 is 0 Å². The van der Waals surface area contributed by atoms with Crippen LogP contribution in [0.5, 0.6) is 5.75 Å². The van der Waals surface area contributed by atoms with Crippen LogP contribution in [0, 0.1) is 0 Å². The number of carbonyl (C=O) groups excluding carboxylic acids is 1. The third-order valence-electron chi connectivity index (χ3n) is 4.35. The van der Waals surface area contributed by atoms with Gasteiger partial charge in [0.2, 0.25) is 0 Å². The molecule has 1 heterocycles. The van der Waals surface area contributed by atoms with Crippen LogP contribution in [-0.2, 0) is 0 Å². The molecule has 2 aromatic carbocycles. The minimum atomic E-state index is -0.183. The number of ether oxygens (including phenoxy) is 1. The van der Waals surface area contributed by atoms with E-state index < -0.39 is 0 Å². The lowest BCUT2D eigenvalue weighted by molar-refractivity contribution is 0.102. The van der Waals surface area contributed by atoms with Crippen LogP contribution in [0.4, 0.5) is 5.69 Å². The lowest BCUT2D eigenvalue weighted by atomic mass is 9.91. The molecular weight excluding hydrogens is 324 g/mol. The van der Waals surface area contributed by atoms with E-state index in [0.29, 0.717) is 22.3 Å². The van der Waals surface area contributed by atoms with Crippen molar-refractivity contribution < 1.29 is 9.53 Å². The molecule has 1 atom stereocenters. The first-order chi connectivity index (χ1) is 11.7. The molecule has 1 aliphatic rings. The van der Waals surface area contributed by atoms with E-state index in [1.54, 1.807) is 18.2 Å². The molecule has 1 saturated heterocycles. The van der Waals surface area contributed by atoms with Gasteiger partial charge in [0.1, 0.15) is 5.75 Å². The van der Waals surface area contributed by atoms with Gasteiger partial charge in [-0.1, -0.05) is 23.7 Å². The Morgan fingerprint density at radius 1 is 1.25 bits per heavy atom. The molecule has 2 aromatic rings. The van der Waals surface area contributed by atoms with Crippen molar-refractivity contribution in [1.82, 2.24) is 5.32 Å². The highest BCUT2D eigenvalue weighted by atomic mass is 35.5. The van der Waals surface area contributed by atoms with Crippen LogP contribution >= 0.6 is 11.6 Å². The Labute approximate surface area is 147 Å². The molecule has 24 heavy (non-hydrogen) atoms. The molecule has 5 heteroatoms. The van der Waals surface area contributed by atoms with Gasteiger partial charge in [0.15, 0.2) is 0 Å². The van der Waals surface area contributed by atoms with Gasteiger partial charge >= 0.3 is 0 Å². The molecule has 3 rings (SSSR count). The molecule has 0 bridgehead atoms. The first-order valence-electron chi connectivity index (χ1n) is 8.13. The summed E-state index contributed by atoms with van der Waals surface area (Å²) in [7, 11) is 1.53. The van der Waals surface area contributed by atoms with Crippen molar-refractivity contribution >= 4 is 23.2 Å². The van der Waals surface area contributed by atoms with Gasteiger partial charge in [0.25, 0.3) is 5.91 Å². The summed E-state index contributed by atoms with van der Waals surface area (Å²) in [5.41, 5.74) is 2.60. The predicted molar refractivity (Wildman–Crippen MR) is 97.2 cm³/mol. The zero-order valence-corrected chi connectivity index (χ0v) is 14.4. The molecule has 2 N–H and O–H groups in total. The number of benzene rings is 2. The van der Waals surface area contributed by atoms with Gasteiger partial charge in [-0.3, -0.25) is 4.79 Å². The van der Waals surface area contributed by atoms with Crippen LogP contribution < -0.4 is 15.4 Å². The largest absolute Gasteiger partial charge is 0.495 e. The van der Waals surface area contributed by atoms with E-state index in [2.05, 4.69) is 22.8 Å². The zero-order chi connectivity index (χ0) is 16.9. The summed E-state index contributed by atoms with van der Waals surface area (Å²) in [4.78, 5) is 12.4. The van der Waals surface area contributed by atoms with Crippen LogP contribution in [-0.4, -0.2) is 26.1 Å². The highest BCUT2D eigenvalue weighted by Crippen LogP contribution is 2.26. The lowest BCUT2D eigenvalue weighted by Gasteiger charge is -2.23. The average molecular weight is 345 g/mol. The second kappa shape index (κ2) is 7.69. The Bertz CT molecular complexity index is 710. The molecule has 126 valence electrons. The van der Waals surface area contributed by atoms with Gasteiger partial charge in [-0.05, 0) is 61.2 Å². The van der Waals surface area contributed by atoms with Crippen LogP contribution in [0.3, 0.4) is 0 Å². The van der Waals surface area contributed by atoms with Crippen molar-refractivity contribution in [3.8, 4) is 5.75 Å². The molecule has 0 radical (unpaired) electrons. The van der Waals surface area contributed by atoms with Gasteiger partial charge in [0.05, 0.1) is 12.1 Å². The molecule has 4 nitrogen and oxygen atoms in total. The summed E-state index contributed by atoms with van der Waals surface area (Å²) in [6.45, 7) is 2.13. The number of rotatable bonds is 4. The van der Waals surface area contributed by atoms with Crippen molar-refractivity contribution in [1.29, 1.82) is 0 Å². The smallest absolute Gasteiger partial charge is 0.255 e. The number of halogens is 1. The normalized spacial score (nSPS) is 17.3. The van der Waals surface area contributed by atoms with Crippen molar-refractivity contribution in [2.45, 2.75) is 18.8 Å². The summed E-state index contributed by atoms with van der Waals surface area (Å²) >= 11 is 5.99. The van der Waals surface area contributed by atoms with E-state index in [4.69, 9.17) is 16.3 Å². The second-order valence-corrected chi connectivity index (χ2v) is 6.38. The number of methoxy groups -OCH3 is 1. The maximum atomic E-state index is 12.4. The number of anilines is 1. The molecule has 0 aromatic heterocycles. The lowest BCUT2D eigenvalue weighted by Crippen LogP contribution is -2.28. The summed E-state index contributed by atoms with van der Waals surface area (Å²) in [5.74, 6) is 0.866. The molecule has 0 aliphatic carbocycles. The predicted octanol–water partition coefficient (Wildman–Crippen LogP) is 4.07. The fraction of sp³-hybridized carbons (Fsp3) is 0.316. The Kier molecular flexibility index (Phi) is 5.38. The fourth-order valence-corrected chi connectivity index (χ4v) is 3.17. The Morgan fingerprint density at radius 2 is 2.04 bits per heavy atom. The van der Waals surface area contributed by atoms with Gasteiger partial charge in [-0.2, -0.15) is 0 Å². The second-order valence-electron chi connectivity index (χ2n) is 5.97. The van der Waals surface area contributed by atoms with Gasteiger partial charge in [0, 0.05) is 17.8 Å². The SMILES string of the molecule is COc1cc(C(=O)Nc2ccc(C3CCCNC3)cc2)ccc1Cl. The van der Waals surface area contributed by atoms with Crippen molar-refractivity contribution in [3.63, 3.8) is 0 Å². The Hall–Kier alpha value is -2.04. The molecule has 1 aliphatic heterocycles. The topological polar surface area (TPSA) is 50.4 Å².